The summed E-state index contributed by atoms with van der Waals surface area (Å²) in [6.45, 7) is 3.99. The van der Waals surface area contributed by atoms with Crippen molar-refractivity contribution in [1.29, 1.82) is 0 Å². The summed E-state index contributed by atoms with van der Waals surface area (Å²) >= 11 is 0. The highest BCUT2D eigenvalue weighted by Gasteiger charge is 2.44. The largest absolute Gasteiger partial charge is 0.457 e. The van der Waals surface area contributed by atoms with E-state index in [-0.39, 0.29) is 25.6 Å². The monoisotopic (exact) mass is 596 g/mol. The summed E-state index contributed by atoms with van der Waals surface area (Å²) in [6, 6.07) is 0. The average Bonchev–Trinajstić information content (AvgIpc) is 2.98. The molecule has 6 unspecified atom stereocenters. The summed E-state index contributed by atoms with van der Waals surface area (Å²) < 4.78 is 22.1. The Hall–Kier alpha value is -1.85. The van der Waals surface area contributed by atoms with Crippen molar-refractivity contribution >= 4 is 5.97 Å². The molecular formula is C33H56O9. The first-order chi connectivity index (χ1) is 20.4. The van der Waals surface area contributed by atoms with Crippen molar-refractivity contribution in [2.24, 2.45) is 0 Å². The number of carbonyl (C=O) groups is 1. The van der Waals surface area contributed by atoms with E-state index >= 15 is 0 Å². The summed E-state index contributed by atoms with van der Waals surface area (Å²) in [7, 11) is 0. The lowest BCUT2D eigenvalue weighted by Crippen LogP contribution is -2.59. The highest BCUT2D eigenvalue weighted by molar-refractivity contribution is 5.69. The van der Waals surface area contributed by atoms with Crippen molar-refractivity contribution in [3.63, 3.8) is 0 Å². The maximum atomic E-state index is 12.0. The molecule has 1 fully saturated rings. The van der Waals surface area contributed by atoms with Gasteiger partial charge >= 0.3 is 5.97 Å². The van der Waals surface area contributed by atoms with Gasteiger partial charge in [-0.1, -0.05) is 81.7 Å². The summed E-state index contributed by atoms with van der Waals surface area (Å²) in [5.41, 5.74) is 0. The van der Waals surface area contributed by atoms with Gasteiger partial charge in [-0.05, 0) is 51.4 Å². The summed E-state index contributed by atoms with van der Waals surface area (Å²) in [5, 5.41) is 39.4. The summed E-state index contributed by atoms with van der Waals surface area (Å²) in [5.74, 6) is -0.378. The number of unbranched alkanes of at least 4 members (excludes halogenated alkanes) is 5. The average molecular weight is 597 g/mol. The van der Waals surface area contributed by atoms with Crippen molar-refractivity contribution in [2.75, 3.05) is 26.4 Å². The Kier molecular flexibility index (Phi) is 23.3. The Labute approximate surface area is 252 Å². The molecule has 0 aromatic heterocycles. The maximum Gasteiger partial charge on any atom is 0.306 e. The zero-order valence-corrected chi connectivity index (χ0v) is 25.7. The third kappa shape index (κ3) is 18.0. The van der Waals surface area contributed by atoms with Crippen LogP contribution in [-0.2, 0) is 23.7 Å². The first kappa shape index (κ1) is 38.2. The second-order valence-electron chi connectivity index (χ2n) is 10.5. The fraction of sp³-hybridized carbons (Fsp3) is 0.727. The van der Waals surface area contributed by atoms with Crippen molar-refractivity contribution in [3.8, 4) is 0 Å². The van der Waals surface area contributed by atoms with E-state index < -0.39 is 43.4 Å². The predicted molar refractivity (Wildman–Crippen MR) is 164 cm³/mol. The van der Waals surface area contributed by atoms with Crippen molar-refractivity contribution < 1.29 is 44.2 Å². The van der Waals surface area contributed by atoms with Gasteiger partial charge < -0.3 is 39.4 Å². The summed E-state index contributed by atoms with van der Waals surface area (Å²) in [6.07, 6.45) is 21.6. The number of carbonyl (C=O) groups excluding carboxylic acids is 1. The molecule has 1 rings (SSSR count). The Morgan fingerprint density at radius 2 is 1.40 bits per heavy atom. The van der Waals surface area contributed by atoms with Gasteiger partial charge in [0.25, 0.3) is 0 Å². The van der Waals surface area contributed by atoms with E-state index in [1.807, 2.05) is 6.92 Å². The van der Waals surface area contributed by atoms with Crippen LogP contribution in [0.5, 0.6) is 0 Å². The molecule has 1 aliphatic rings. The SMILES string of the molecule is CC/C=C\C/C=C\C/C=C\C/C=C\CCCCCCCOCC(COC1OC(CO)C(O)C(O)C1O)OC(=O)CCC. The van der Waals surface area contributed by atoms with Crippen LogP contribution in [0.15, 0.2) is 48.6 Å². The molecule has 0 spiro atoms. The molecule has 0 bridgehead atoms. The smallest absolute Gasteiger partial charge is 0.306 e. The number of ether oxygens (including phenoxy) is 4. The number of rotatable bonds is 24. The van der Waals surface area contributed by atoms with Gasteiger partial charge in [-0.25, -0.2) is 0 Å². The van der Waals surface area contributed by atoms with Gasteiger partial charge in [-0.15, -0.1) is 0 Å². The first-order valence-electron chi connectivity index (χ1n) is 15.7. The second kappa shape index (κ2) is 25.6. The van der Waals surface area contributed by atoms with Gasteiger partial charge in [-0.2, -0.15) is 0 Å². The van der Waals surface area contributed by atoms with E-state index in [1.165, 1.54) is 12.8 Å². The van der Waals surface area contributed by atoms with Crippen LogP contribution in [0.4, 0.5) is 0 Å². The topological polar surface area (TPSA) is 135 Å². The standard InChI is InChI=1S/C33H56O9/c1-3-5-6-7-8-9-10-11-12-13-14-15-16-17-18-19-20-21-23-39-25-27(41-29(35)22-4-2)26-40-33-32(38)31(37)30(36)28(24-34)42-33/h5-6,8-9,11-12,14-15,27-28,30-34,36-38H,3-4,7,10,13,16-26H2,1-2H3/b6-5-,9-8-,12-11-,15-14-. The number of esters is 1. The van der Waals surface area contributed by atoms with Gasteiger partial charge in [0.1, 0.15) is 30.5 Å². The van der Waals surface area contributed by atoms with Crippen LogP contribution < -0.4 is 0 Å². The highest BCUT2D eigenvalue weighted by Crippen LogP contribution is 2.22. The predicted octanol–water partition coefficient (Wildman–Crippen LogP) is 4.68. The van der Waals surface area contributed by atoms with Crippen LogP contribution in [0.1, 0.15) is 90.9 Å². The van der Waals surface area contributed by atoms with Gasteiger partial charge in [0.05, 0.1) is 19.8 Å². The molecule has 0 aliphatic carbocycles. The molecule has 0 amide bonds. The van der Waals surface area contributed by atoms with E-state index in [9.17, 15) is 25.2 Å². The molecule has 0 aromatic carbocycles. The molecule has 1 aliphatic heterocycles. The zero-order valence-electron chi connectivity index (χ0n) is 25.7. The second-order valence-corrected chi connectivity index (χ2v) is 10.5. The van der Waals surface area contributed by atoms with Crippen LogP contribution >= 0.6 is 0 Å². The molecule has 0 saturated carbocycles. The molecule has 242 valence electrons. The number of allylic oxidation sites excluding steroid dienone is 8. The zero-order chi connectivity index (χ0) is 30.8. The highest BCUT2D eigenvalue weighted by atomic mass is 16.7. The lowest BCUT2D eigenvalue weighted by Gasteiger charge is -2.39. The van der Waals surface area contributed by atoms with Gasteiger partial charge in [0.15, 0.2) is 6.29 Å². The molecule has 1 saturated heterocycles. The third-order valence-electron chi connectivity index (χ3n) is 6.73. The van der Waals surface area contributed by atoms with Crippen molar-refractivity contribution in [3.05, 3.63) is 48.6 Å². The van der Waals surface area contributed by atoms with Gasteiger partial charge in [0, 0.05) is 13.0 Å². The molecule has 4 N–H and O–H groups in total. The van der Waals surface area contributed by atoms with E-state index in [4.69, 9.17) is 18.9 Å². The van der Waals surface area contributed by atoms with E-state index in [1.54, 1.807) is 0 Å². The van der Waals surface area contributed by atoms with E-state index in [2.05, 4.69) is 55.5 Å². The molecular weight excluding hydrogens is 540 g/mol. The molecule has 42 heavy (non-hydrogen) atoms. The van der Waals surface area contributed by atoms with E-state index in [0.717, 1.165) is 51.4 Å². The first-order valence-corrected chi connectivity index (χ1v) is 15.7. The minimum atomic E-state index is -1.54. The number of hydrogen-bond acceptors (Lipinski definition) is 9. The Bertz CT molecular complexity index is 777. The molecule has 1 heterocycles. The van der Waals surface area contributed by atoms with Gasteiger partial charge in [0.2, 0.25) is 0 Å². The Morgan fingerprint density at radius 3 is 2.05 bits per heavy atom. The van der Waals surface area contributed by atoms with Crippen LogP contribution in [-0.4, -0.2) is 89.6 Å². The number of aliphatic hydroxyl groups is 4. The fourth-order valence-electron chi connectivity index (χ4n) is 4.28. The Morgan fingerprint density at radius 1 is 0.786 bits per heavy atom. The minimum absolute atomic E-state index is 0.124. The van der Waals surface area contributed by atoms with Crippen molar-refractivity contribution in [1.82, 2.24) is 0 Å². The quantitative estimate of drug-likeness (QED) is 0.0712. The molecule has 9 heteroatoms. The molecule has 0 aromatic rings. The Balaban J connectivity index is 2.18. The van der Waals surface area contributed by atoms with Crippen molar-refractivity contribution in [2.45, 2.75) is 128 Å². The minimum Gasteiger partial charge on any atom is -0.457 e. The molecule has 6 atom stereocenters. The van der Waals surface area contributed by atoms with Crippen LogP contribution in [0, 0.1) is 0 Å². The summed E-state index contributed by atoms with van der Waals surface area (Å²) in [4.78, 5) is 12.0. The van der Waals surface area contributed by atoms with Gasteiger partial charge in [-0.3, -0.25) is 4.79 Å². The lowest BCUT2D eigenvalue weighted by molar-refractivity contribution is -0.305. The van der Waals surface area contributed by atoms with E-state index in [0.29, 0.717) is 13.0 Å². The third-order valence-corrected chi connectivity index (χ3v) is 6.73. The van der Waals surface area contributed by atoms with Crippen LogP contribution in [0.3, 0.4) is 0 Å². The molecule has 0 radical (unpaired) electrons. The lowest BCUT2D eigenvalue weighted by atomic mass is 9.99. The number of hydrogen-bond donors (Lipinski definition) is 4. The maximum absolute atomic E-state index is 12.0. The number of aliphatic hydroxyl groups excluding tert-OH is 4. The van der Waals surface area contributed by atoms with Crippen LogP contribution in [0.25, 0.3) is 0 Å². The normalized spacial score (nSPS) is 24.0. The molecule has 9 nitrogen and oxygen atoms in total. The fourth-order valence-corrected chi connectivity index (χ4v) is 4.28. The van der Waals surface area contributed by atoms with Crippen LogP contribution in [0.2, 0.25) is 0 Å².